The second-order valence-electron chi connectivity index (χ2n) is 3.26. The Morgan fingerprint density at radius 2 is 2.25 bits per heavy atom. The normalized spacial score (nSPS) is 18.2. The van der Waals surface area contributed by atoms with Gasteiger partial charge < -0.3 is 9.47 Å². The van der Waals surface area contributed by atoms with Gasteiger partial charge in [0, 0.05) is 0 Å². The Labute approximate surface area is 88.7 Å². The fourth-order valence-electron chi connectivity index (χ4n) is 1.11. The Hall–Kier alpha value is -1.76. The number of hydrogen-bond acceptors (Lipinski definition) is 4. The molecule has 0 N–H and O–H groups in total. The predicted octanol–water partition coefficient (Wildman–Crippen LogP) is 1.65. The van der Waals surface area contributed by atoms with Crippen molar-refractivity contribution in [2.45, 2.75) is 6.10 Å². The molecule has 1 fully saturated rings. The lowest BCUT2D eigenvalue weighted by Gasteiger charge is -2.05. The molecule has 1 aromatic rings. The van der Waals surface area contributed by atoms with E-state index < -0.39 is 28.0 Å². The molecule has 0 bridgehead atoms. The van der Waals surface area contributed by atoms with Gasteiger partial charge in [0.15, 0.2) is 11.6 Å². The molecule has 2 rings (SSSR count). The molecule has 1 heterocycles. The van der Waals surface area contributed by atoms with Crippen molar-refractivity contribution in [3.8, 4) is 5.75 Å². The summed E-state index contributed by atoms with van der Waals surface area (Å²) in [6.07, 6.45) is -0.137. The first-order chi connectivity index (χ1) is 7.58. The zero-order chi connectivity index (χ0) is 11.7. The van der Waals surface area contributed by atoms with E-state index in [1.54, 1.807) is 0 Å². The zero-order valence-corrected chi connectivity index (χ0v) is 7.98. The number of nitro benzene ring substituents is 1. The molecule has 0 saturated carbocycles. The van der Waals surface area contributed by atoms with Crippen LogP contribution in [0, 0.1) is 21.7 Å². The van der Waals surface area contributed by atoms with Crippen LogP contribution in [0.2, 0.25) is 0 Å². The highest BCUT2D eigenvalue weighted by molar-refractivity contribution is 5.40. The minimum Gasteiger partial charge on any atom is -0.487 e. The molecule has 1 aliphatic heterocycles. The van der Waals surface area contributed by atoms with E-state index in [9.17, 15) is 18.9 Å². The van der Waals surface area contributed by atoms with Gasteiger partial charge in [0.25, 0.3) is 5.69 Å². The number of hydrogen-bond donors (Lipinski definition) is 0. The molecule has 1 saturated heterocycles. The third kappa shape index (κ3) is 2.25. The summed E-state index contributed by atoms with van der Waals surface area (Å²) < 4.78 is 35.8. The number of ether oxygens (including phenoxy) is 2. The van der Waals surface area contributed by atoms with Crippen molar-refractivity contribution in [1.82, 2.24) is 0 Å². The van der Waals surface area contributed by atoms with Crippen LogP contribution in [0.5, 0.6) is 5.75 Å². The van der Waals surface area contributed by atoms with Crippen molar-refractivity contribution in [1.29, 1.82) is 0 Å². The first kappa shape index (κ1) is 10.7. The summed E-state index contributed by atoms with van der Waals surface area (Å²) in [6.45, 7) is 0.552. The lowest BCUT2D eigenvalue weighted by molar-refractivity contribution is -0.385. The minimum atomic E-state index is -1.30. The van der Waals surface area contributed by atoms with Gasteiger partial charge >= 0.3 is 0 Å². The molecule has 0 spiro atoms. The van der Waals surface area contributed by atoms with E-state index >= 15 is 0 Å². The van der Waals surface area contributed by atoms with Gasteiger partial charge in [0.1, 0.15) is 12.7 Å². The van der Waals surface area contributed by atoms with Gasteiger partial charge in [-0.2, -0.15) is 4.39 Å². The molecular formula is C9H7F2NO4. The number of nitro groups is 1. The van der Waals surface area contributed by atoms with Crippen molar-refractivity contribution in [2.75, 3.05) is 13.2 Å². The van der Waals surface area contributed by atoms with Crippen LogP contribution in [0.4, 0.5) is 14.5 Å². The van der Waals surface area contributed by atoms with Crippen molar-refractivity contribution < 1.29 is 23.2 Å². The molecule has 1 aliphatic rings. The van der Waals surface area contributed by atoms with Crippen LogP contribution in [0.3, 0.4) is 0 Å². The highest BCUT2D eigenvalue weighted by atomic mass is 19.2. The van der Waals surface area contributed by atoms with E-state index in [4.69, 9.17) is 9.47 Å². The molecule has 86 valence electrons. The van der Waals surface area contributed by atoms with E-state index in [1.807, 2.05) is 0 Å². The van der Waals surface area contributed by atoms with Crippen molar-refractivity contribution in [2.24, 2.45) is 0 Å². The number of nitrogens with zero attached hydrogens (tertiary/aromatic N) is 1. The molecule has 5 nitrogen and oxygen atoms in total. The van der Waals surface area contributed by atoms with E-state index in [1.165, 1.54) is 0 Å². The fourth-order valence-corrected chi connectivity index (χ4v) is 1.11. The van der Waals surface area contributed by atoms with Crippen LogP contribution in [0.15, 0.2) is 12.1 Å². The molecule has 16 heavy (non-hydrogen) atoms. The maximum atomic E-state index is 13.2. The van der Waals surface area contributed by atoms with E-state index in [2.05, 4.69) is 0 Å². The molecule has 0 aromatic heterocycles. The van der Waals surface area contributed by atoms with Gasteiger partial charge in [-0.1, -0.05) is 0 Å². The molecule has 0 amide bonds. The Morgan fingerprint density at radius 3 is 2.81 bits per heavy atom. The average Bonchev–Trinajstić information content (AvgIpc) is 3.03. The summed E-state index contributed by atoms with van der Waals surface area (Å²) in [5.41, 5.74) is -0.550. The third-order valence-corrected chi connectivity index (χ3v) is 2.02. The molecular weight excluding hydrogens is 224 g/mol. The molecule has 0 unspecified atom stereocenters. The largest absolute Gasteiger partial charge is 0.487 e. The van der Waals surface area contributed by atoms with Crippen LogP contribution in [-0.4, -0.2) is 24.2 Å². The smallest absolute Gasteiger partial charge is 0.276 e. The predicted molar refractivity (Wildman–Crippen MR) is 48.2 cm³/mol. The Bertz CT molecular complexity index is 434. The number of rotatable bonds is 4. The van der Waals surface area contributed by atoms with Gasteiger partial charge in [0.05, 0.1) is 23.7 Å². The maximum Gasteiger partial charge on any atom is 0.276 e. The van der Waals surface area contributed by atoms with Gasteiger partial charge in [-0.15, -0.1) is 0 Å². The Morgan fingerprint density at radius 1 is 1.56 bits per heavy atom. The van der Waals surface area contributed by atoms with Gasteiger partial charge in [-0.3, -0.25) is 10.1 Å². The quantitative estimate of drug-likeness (QED) is 0.449. The summed E-state index contributed by atoms with van der Waals surface area (Å²) in [6, 6.07) is 1.36. The van der Waals surface area contributed by atoms with Crippen molar-refractivity contribution >= 4 is 5.69 Å². The molecule has 0 aliphatic carbocycles. The van der Waals surface area contributed by atoms with Crippen LogP contribution in [-0.2, 0) is 4.74 Å². The highest BCUT2D eigenvalue weighted by Gasteiger charge is 2.25. The fraction of sp³-hybridized carbons (Fsp3) is 0.333. The molecule has 0 radical (unpaired) electrons. The summed E-state index contributed by atoms with van der Waals surface area (Å²) >= 11 is 0. The molecule has 1 atom stereocenters. The third-order valence-electron chi connectivity index (χ3n) is 2.02. The lowest BCUT2D eigenvalue weighted by Crippen LogP contribution is -2.06. The number of benzene rings is 1. The van der Waals surface area contributed by atoms with Crippen molar-refractivity contribution in [3.63, 3.8) is 0 Å². The molecule has 1 aromatic carbocycles. The summed E-state index contributed by atoms with van der Waals surface area (Å²) in [7, 11) is 0. The zero-order valence-electron chi connectivity index (χ0n) is 7.98. The Balaban J connectivity index is 2.22. The topological polar surface area (TPSA) is 64.9 Å². The van der Waals surface area contributed by atoms with E-state index in [0.717, 1.165) is 6.07 Å². The number of halogens is 2. The Kier molecular flexibility index (Phi) is 2.69. The first-order valence-electron chi connectivity index (χ1n) is 4.46. The average molecular weight is 231 g/mol. The van der Waals surface area contributed by atoms with E-state index in [-0.39, 0.29) is 12.7 Å². The number of non-ortho nitro benzene ring substituents is 1. The second kappa shape index (κ2) is 4.01. The van der Waals surface area contributed by atoms with Gasteiger partial charge in [-0.05, 0) is 0 Å². The summed E-state index contributed by atoms with van der Waals surface area (Å²) in [4.78, 5) is 9.59. The van der Waals surface area contributed by atoms with Crippen LogP contribution < -0.4 is 4.74 Å². The summed E-state index contributed by atoms with van der Waals surface area (Å²) in [5, 5.41) is 10.4. The summed E-state index contributed by atoms with van der Waals surface area (Å²) in [5.74, 6) is -3.01. The van der Waals surface area contributed by atoms with Crippen LogP contribution in [0.25, 0.3) is 0 Å². The minimum absolute atomic E-state index is 0.0531. The lowest BCUT2D eigenvalue weighted by atomic mass is 10.3. The molecule has 7 heteroatoms. The van der Waals surface area contributed by atoms with E-state index in [0.29, 0.717) is 12.7 Å². The van der Waals surface area contributed by atoms with Gasteiger partial charge in [-0.25, -0.2) is 4.39 Å². The maximum absolute atomic E-state index is 13.2. The van der Waals surface area contributed by atoms with Crippen molar-refractivity contribution in [3.05, 3.63) is 33.9 Å². The standard InChI is InChI=1S/C9H7F2NO4/c10-7-1-5(12(13)14)2-8(9(7)11)16-4-6-3-15-6/h1-2,6H,3-4H2/t6-/m1/s1. The van der Waals surface area contributed by atoms with Gasteiger partial charge in [0.2, 0.25) is 5.82 Å². The highest BCUT2D eigenvalue weighted by Crippen LogP contribution is 2.27. The monoisotopic (exact) mass is 231 g/mol. The second-order valence-corrected chi connectivity index (χ2v) is 3.26. The number of epoxide rings is 1. The SMILES string of the molecule is O=[N+]([O-])c1cc(F)c(F)c(OC[C@H]2CO2)c1. The first-order valence-corrected chi connectivity index (χ1v) is 4.46. The van der Waals surface area contributed by atoms with Crippen LogP contribution >= 0.6 is 0 Å². The van der Waals surface area contributed by atoms with Crippen LogP contribution in [0.1, 0.15) is 0 Å².